The SMILES string of the molecule is CN(C)C1CCN(C(=O)c2cccc(OCc3cccc(Cl)c3)c2)CC1. The lowest BCUT2D eigenvalue weighted by Crippen LogP contribution is -2.44. The van der Waals surface area contributed by atoms with Crippen LogP contribution in [0, 0.1) is 0 Å². The topological polar surface area (TPSA) is 32.8 Å². The van der Waals surface area contributed by atoms with Gasteiger partial charge in [-0.1, -0.05) is 29.8 Å². The van der Waals surface area contributed by atoms with Crippen LogP contribution < -0.4 is 4.74 Å². The van der Waals surface area contributed by atoms with Gasteiger partial charge >= 0.3 is 0 Å². The summed E-state index contributed by atoms with van der Waals surface area (Å²) in [6.45, 7) is 2.02. The quantitative estimate of drug-likeness (QED) is 0.792. The van der Waals surface area contributed by atoms with Crippen molar-refractivity contribution in [3.05, 3.63) is 64.7 Å². The zero-order chi connectivity index (χ0) is 18.5. The summed E-state index contributed by atoms with van der Waals surface area (Å²) >= 11 is 6.00. The Morgan fingerprint density at radius 1 is 1.15 bits per heavy atom. The van der Waals surface area contributed by atoms with Crippen molar-refractivity contribution in [1.29, 1.82) is 0 Å². The van der Waals surface area contributed by atoms with Gasteiger partial charge in [0.1, 0.15) is 12.4 Å². The molecule has 138 valence electrons. The summed E-state index contributed by atoms with van der Waals surface area (Å²) in [7, 11) is 4.20. The van der Waals surface area contributed by atoms with Crippen molar-refractivity contribution in [1.82, 2.24) is 9.80 Å². The number of piperidine rings is 1. The molecular weight excluding hydrogens is 348 g/mol. The Kier molecular flexibility index (Phi) is 6.17. The number of likely N-dealkylation sites (tertiary alicyclic amines) is 1. The van der Waals surface area contributed by atoms with E-state index in [9.17, 15) is 4.79 Å². The molecule has 0 radical (unpaired) electrons. The molecule has 0 N–H and O–H groups in total. The maximum absolute atomic E-state index is 12.8. The van der Waals surface area contributed by atoms with Gasteiger partial charge in [-0.2, -0.15) is 0 Å². The molecule has 1 aliphatic rings. The minimum absolute atomic E-state index is 0.0791. The van der Waals surface area contributed by atoms with Crippen molar-refractivity contribution >= 4 is 17.5 Å². The van der Waals surface area contributed by atoms with Gasteiger partial charge in [0.2, 0.25) is 0 Å². The van der Waals surface area contributed by atoms with Crippen LogP contribution in [0.3, 0.4) is 0 Å². The van der Waals surface area contributed by atoms with Gasteiger partial charge in [0.05, 0.1) is 0 Å². The lowest BCUT2D eigenvalue weighted by Gasteiger charge is -2.35. The molecule has 2 aromatic carbocycles. The van der Waals surface area contributed by atoms with Crippen LogP contribution in [0.1, 0.15) is 28.8 Å². The highest BCUT2D eigenvalue weighted by molar-refractivity contribution is 6.30. The normalized spacial score (nSPS) is 15.3. The summed E-state index contributed by atoms with van der Waals surface area (Å²) in [6, 6.07) is 15.6. The Morgan fingerprint density at radius 2 is 1.88 bits per heavy atom. The Hall–Kier alpha value is -2.04. The van der Waals surface area contributed by atoms with Gasteiger partial charge in [0, 0.05) is 29.7 Å². The Morgan fingerprint density at radius 3 is 2.58 bits per heavy atom. The van der Waals surface area contributed by atoms with Gasteiger partial charge in [-0.15, -0.1) is 0 Å². The fourth-order valence-electron chi connectivity index (χ4n) is 3.28. The van der Waals surface area contributed by atoms with Crippen molar-refractivity contribution in [3.8, 4) is 5.75 Å². The molecule has 5 heteroatoms. The third kappa shape index (κ3) is 4.77. The first-order valence-electron chi connectivity index (χ1n) is 8.96. The first kappa shape index (κ1) is 18.7. The van der Waals surface area contributed by atoms with Crippen LogP contribution in [-0.4, -0.2) is 48.9 Å². The number of hydrogen-bond donors (Lipinski definition) is 0. The summed E-state index contributed by atoms with van der Waals surface area (Å²) in [4.78, 5) is 17.0. The standard InChI is InChI=1S/C21H25ClN2O2/c1-23(2)19-9-11-24(12-10-19)21(25)17-6-4-8-20(14-17)26-15-16-5-3-7-18(22)13-16/h3-8,13-14,19H,9-12,15H2,1-2H3. The van der Waals surface area contributed by atoms with Crippen LogP contribution in [0.2, 0.25) is 5.02 Å². The maximum Gasteiger partial charge on any atom is 0.253 e. The molecule has 2 aromatic rings. The van der Waals surface area contributed by atoms with Crippen LogP contribution >= 0.6 is 11.6 Å². The highest BCUT2D eigenvalue weighted by Gasteiger charge is 2.24. The predicted molar refractivity (Wildman–Crippen MR) is 105 cm³/mol. The van der Waals surface area contributed by atoms with E-state index in [0.717, 1.165) is 31.5 Å². The molecule has 4 nitrogen and oxygen atoms in total. The molecule has 3 rings (SSSR count). The highest BCUT2D eigenvalue weighted by Crippen LogP contribution is 2.20. The van der Waals surface area contributed by atoms with Crippen LogP contribution in [0.4, 0.5) is 0 Å². The van der Waals surface area contributed by atoms with Gasteiger partial charge in [0.15, 0.2) is 0 Å². The van der Waals surface area contributed by atoms with E-state index in [4.69, 9.17) is 16.3 Å². The molecule has 1 fully saturated rings. The highest BCUT2D eigenvalue weighted by atomic mass is 35.5. The van der Waals surface area contributed by atoms with Gasteiger partial charge in [0.25, 0.3) is 5.91 Å². The minimum atomic E-state index is 0.0791. The molecule has 1 heterocycles. The summed E-state index contributed by atoms with van der Waals surface area (Å²) < 4.78 is 5.84. The van der Waals surface area contributed by atoms with E-state index in [0.29, 0.717) is 29.0 Å². The maximum atomic E-state index is 12.8. The lowest BCUT2D eigenvalue weighted by atomic mass is 10.0. The van der Waals surface area contributed by atoms with Gasteiger partial charge < -0.3 is 14.5 Å². The fourth-order valence-corrected chi connectivity index (χ4v) is 3.49. The van der Waals surface area contributed by atoms with E-state index in [1.54, 1.807) is 0 Å². The Labute approximate surface area is 160 Å². The van der Waals surface area contributed by atoms with E-state index in [-0.39, 0.29) is 5.91 Å². The number of rotatable bonds is 5. The van der Waals surface area contributed by atoms with E-state index in [1.807, 2.05) is 53.4 Å². The van der Waals surface area contributed by atoms with Crippen LogP contribution in [-0.2, 0) is 6.61 Å². The van der Waals surface area contributed by atoms with Gasteiger partial charge in [-0.3, -0.25) is 4.79 Å². The van der Waals surface area contributed by atoms with Gasteiger partial charge in [-0.05, 0) is 62.8 Å². The van der Waals surface area contributed by atoms with Crippen LogP contribution in [0.25, 0.3) is 0 Å². The monoisotopic (exact) mass is 372 g/mol. The first-order valence-corrected chi connectivity index (χ1v) is 9.34. The molecule has 0 saturated carbocycles. The number of benzene rings is 2. The predicted octanol–water partition coefficient (Wildman–Crippen LogP) is 4.09. The number of halogens is 1. The first-order chi connectivity index (χ1) is 12.5. The van der Waals surface area contributed by atoms with Crippen LogP contribution in [0.5, 0.6) is 5.75 Å². The second-order valence-corrected chi connectivity index (χ2v) is 7.37. The third-order valence-corrected chi connectivity index (χ3v) is 5.09. The van der Waals surface area contributed by atoms with Crippen molar-refractivity contribution in [2.45, 2.75) is 25.5 Å². The number of carbonyl (C=O) groups excluding carboxylic acids is 1. The number of nitrogens with zero attached hydrogens (tertiary/aromatic N) is 2. The summed E-state index contributed by atoms with van der Waals surface area (Å²) in [5.41, 5.74) is 1.68. The number of carbonyl (C=O) groups is 1. The fraction of sp³-hybridized carbons (Fsp3) is 0.381. The van der Waals surface area contributed by atoms with Crippen molar-refractivity contribution < 1.29 is 9.53 Å². The van der Waals surface area contributed by atoms with E-state index >= 15 is 0 Å². The van der Waals surface area contributed by atoms with Gasteiger partial charge in [-0.25, -0.2) is 0 Å². The van der Waals surface area contributed by atoms with E-state index in [1.165, 1.54) is 0 Å². The van der Waals surface area contributed by atoms with Crippen molar-refractivity contribution in [2.24, 2.45) is 0 Å². The average molecular weight is 373 g/mol. The largest absolute Gasteiger partial charge is 0.489 e. The number of ether oxygens (including phenoxy) is 1. The van der Waals surface area contributed by atoms with Crippen molar-refractivity contribution in [2.75, 3.05) is 27.2 Å². The number of amides is 1. The molecule has 26 heavy (non-hydrogen) atoms. The van der Waals surface area contributed by atoms with Crippen LogP contribution in [0.15, 0.2) is 48.5 Å². The molecule has 0 aromatic heterocycles. The second kappa shape index (κ2) is 8.56. The molecule has 1 saturated heterocycles. The number of hydrogen-bond acceptors (Lipinski definition) is 3. The summed E-state index contributed by atoms with van der Waals surface area (Å²) in [5, 5.41) is 0.691. The molecule has 0 bridgehead atoms. The lowest BCUT2D eigenvalue weighted by molar-refractivity contribution is 0.0663. The van der Waals surface area contributed by atoms with Crippen molar-refractivity contribution in [3.63, 3.8) is 0 Å². The third-order valence-electron chi connectivity index (χ3n) is 4.86. The smallest absolute Gasteiger partial charge is 0.253 e. The average Bonchev–Trinajstić information content (AvgIpc) is 2.66. The van der Waals surface area contributed by atoms with E-state index in [2.05, 4.69) is 19.0 Å². The molecule has 0 unspecified atom stereocenters. The molecule has 0 spiro atoms. The summed E-state index contributed by atoms with van der Waals surface area (Å²) in [6.07, 6.45) is 2.04. The molecule has 1 aliphatic heterocycles. The summed E-state index contributed by atoms with van der Waals surface area (Å²) in [5.74, 6) is 0.773. The second-order valence-electron chi connectivity index (χ2n) is 6.93. The zero-order valence-electron chi connectivity index (χ0n) is 15.3. The molecule has 0 aliphatic carbocycles. The Balaban J connectivity index is 1.61. The molecular formula is C21H25ClN2O2. The molecule has 1 amide bonds. The molecule has 0 atom stereocenters. The van der Waals surface area contributed by atoms with E-state index < -0.39 is 0 Å². The Bertz CT molecular complexity index is 755. The zero-order valence-corrected chi connectivity index (χ0v) is 16.1. The minimum Gasteiger partial charge on any atom is -0.489 e.